The zero-order chi connectivity index (χ0) is 20.9. The molecule has 30 heavy (non-hydrogen) atoms. The molecule has 6 nitrogen and oxygen atoms in total. The summed E-state index contributed by atoms with van der Waals surface area (Å²) in [5, 5.41) is 10.1. The number of anilines is 1. The number of likely N-dealkylation sites (tertiary alicyclic amines) is 1. The number of nitrogens with zero attached hydrogens (tertiary/aromatic N) is 4. The molecule has 1 N–H and O–H groups in total. The molecule has 0 atom stereocenters. The standard InChI is InChI=1S/C23H29N5OS/c1-3-21-20(13-24-28(21)14-18-7-5-4-6-8-18)22(29)26-23-25-19(16-30-23)15-27-11-9-17(2)10-12-27/h4-8,13,16-17H,3,9-12,14-15H2,1-2H3,(H,25,26,29). The molecule has 158 valence electrons. The zero-order valence-corrected chi connectivity index (χ0v) is 18.5. The van der Waals surface area contributed by atoms with Crippen molar-refractivity contribution in [2.24, 2.45) is 5.92 Å². The Kier molecular flexibility index (Phi) is 6.59. The second-order valence-corrected chi connectivity index (χ2v) is 8.92. The third kappa shape index (κ3) is 4.96. The van der Waals surface area contributed by atoms with Crippen molar-refractivity contribution in [1.82, 2.24) is 19.7 Å². The minimum absolute atomic E-state index is 0.140. The number of nitrogens with one attached hydrogen (secondary N) is 1. The van der Waals surface area contributed by atoms with E-state index in [-0.39, 0.29) is 5.91 Å². The summed E-state index contributed by atoms with van der Waals surface area (Å²) in [5.41, 5.74) is 3.75. The van der Waals surface area contributed by atoms with Gasteiger partial charge in [-0.1, -0.05) is 44.2 Å². The highest BCUT2D eigenvalue weighted by molar-refractivity contribution is 7.14. The van der Waals surface area contributed by atoms with Crippen LogP contribution in [0.1, 0.15) is 54.0 Å². The topological polar surface area (TPSA) is 63.1 Å². The third-order valence-corrected chi connectivity index (χ3v) is 6.54. The first-order chi connectivity index (χ1) is 14.6. The number of hydrogen-bond acceptors (Lipinski definition) is 5. The fourth-order valence-corrected chi connectivity index (χ4v) is 4.61. The van der Waals surface area contributed by atoms with E-state index in [2.05, 4.69) is 46.3 Å². The van der Waals surface area contributed by atoms with Gasteiger partial charge in [0.05, 0.1) is 29.7 Å². The SMILES string of the molecule is CCc1c(C(=O)Nc2nc(CN3CCC(C)CC3)cs2)cnn1Cc1ccccc1. The molecule has 2 aromatic heterocycles. The summed E-state index contributed by atoms with van der Waals surface area (Å²) in [4.78, 5) is 20.0. The highest BCUT2D eigenvalue weighted by Gasteiger charge is 2.19. The van der Waals surface area contributed by atoms with E-state index in [4.69, 9.17) is 0 Å². The maximum atomic E-state index is 12.9. The van der Waals surface area contributed by atoms with E-state index in [1.165, 1.54) is 29.7 Å². The largest absolute Gasteiger partial charge is 0.298 e. The highest BCUT2D eigenvalue weighted by Crippen LogP contribution is 2.22. The number of thiazole rings is 1. The van der Waals surface area contributed by atoms with Crippen LogP contribution in [0.25, 0.3) is 0 Å². The molecular formula is C23H29N5OS. The van der Waals surface area contributed by atoms with Crippen molar-refractivity contribution in [1.29, 1.82) is 0 Å². The zero-order valence-electron chi connectivity index (χ0n) is 17.7. The molecule has 0 unspecified atom stereocenters. The molecular weight excluding hydrogens is 394 g/mol. The lowest BCUT2D eigenvalue weighted by molar-refractivity contribution is 0.102. The average Bonchev–Trinajstić information content (AvgIpc) is 3.37. The van der Waals surface area contributed by atoms with E-state index >= 15 is 0 Å². The van der Waals surface area contributed by atoms with Crippen LogP contribution in [0.3, 0.4) is 0 Å². The molecule has 1 aliphatic rings. The summed E-state index contributed by atoms with van der Waals surface area (Å²) in [6.45, 7) is 8.14. The maximum absolute atomic E-state index is 12.9. The Labute approximate surface area is 181 Å². The molecule has 0 saturated carbocycles. The normalized spacial score (nSPS) is 15.4. The Balaban J connectivity index is 1.40. The highest BCUT2D eigenvalue weighted by atomic mass is 32.1. The monoisotopic (exact) mass is 423 g/mol. The van der Waals surface area contributed by atoms with Gasteiger partial charge in [-0.3, -0.25) is 19.7 Å². The molecule has 1 saturated heterocycles. The molecule has 4 rings (SSSR count). The Bertz CT molecular complexity index is 973. The fourth-order valence-electron chi connectivity index (χ4n) is 3.92. The van der Waals surface area contributed by atoms with Crippen molar-refractivity contribution in [3.8, 4) is 0 Å². The number of aromatic nitrogens is 3. The van der Waals surface area contributed by atoms with Crippen LogP contribution >= 0.6 is 11.3 Å². The van der Waals surface area contributed by atoms with Gasteiger partial charge in [0, 0.05) is 11.9 Å². The van der Waals surface area contributed by atoms with Gasteiger partial charge in [-0.05, 0) is 43.8 Å². The first-order valence-electron chi connectivity index (χ1n) is 10.7. The Hall–Kier alpha value is -2.51. The quantitative estimate of drug-likeness (QED) is 0.610. The van der Waals surface area contributed by atoms with E-state index < -0.39 is 0 Å². The van der Waals surface area contributed by atoms with Crippen LogP contribution in [-0.4, -0.2) is 38.7 Å². The predicted molar refractivity (Wildman–Crippen MR) is 121 cm³/mol. The molecule has 0 spiro atoms. The summed E-state index contributed by atoms with van der Waals surface area (Å²) in [5.74, 6) is 0.681. The number of rotatable bonds is 7. The van der Waals surface area contributed by atoms with Crippen LogP contribution in [0.4, 0.5) is 5.13 Å². The van der Waals surface area contributed by atoms with Crippen molar-refractivity contribution in [2.75, 3.05) is 18.4 Å². The van der Waals surface area contributed by atoms with E-state index in [0.717, 1.165) is 43.4 Å². The number of hydrogen-bond donors (Lipinski definition) is 1. The van der Waals surface area contributed by atoms with Crippen LogP contribution in [0.2, 0.25) is 0 Å². The van der Waals surface area contributed by atoms with Crippen LogP contribution in [0, 0.1) is 5.92 Å². The van der Waals surface area contributed by atoms with Crippen LogP contribution in [0.15, 0.2) is 41.9 Å². The molecule has 7 heteroatoms. The predicted octanol–water partition coefficient (Wildman–Crippen LogP) is 4.43. The molecule has 1 fully saturated rings. The molecule has 1 aliphatic heterocycles. The molecule has 1 amide bonds. The van der Waals surface area contributed by atoms with Gasteiger partial charge < -0.3 is 0 Å². The van der Waals surface area contributed by atoms with Crippen molar-refractivity contribution < 1.29 is 4.79 Å². The van der Waals surface area contributed by atoms with Crippen molar-refractivity contribution in [3.63, 3.8) is 0 Å². The van der Waals surface area contributed by atoms with Gasteiger partial charge in [0.15, 0.2) is 5.13 Å². The lowest BCUT2D eigenvalue weighted by Crippen LogP contribution is -2.32. The van der Waals surface area contributed by atoms with Gasteiger partial charge in [-0.25, -0.2) is 4.98 Å². The number of carbonyl (C=O) groups excluding carboxylic acids is 1. The van der Waals surface area contributed by atoms with E-state index in [1.54, 1.807) is 6.20 Å². The van der Waals surface area contributed by atoms with Gasteiger partial charge >= 0.3 is 0 Å². The summed E-state index contributed by atoms with van der Waals surface area (Å²) >= 11 is 1.49. The number of benzene rings is 1. The van der Waals surface area contributed by atoms with E-state index in [0.29, 0.717) is 17.2 Å². The van der Waals surface area contributed by atoms with Gasteiger partial charge in [-0.2, -0.15) is 5.10 Å². The van der Waals surface area contributed by atoms with Crippen LogP contribution in [0.5, 0.6) is 0 Å². The number of amides is 1. The molecule has 3 aromatic rings. The number of carbonyl (C=O) groups is 1. The molecule has 0 bridgehead atoms. The van der Waals surface area contributed by atoms with E-state index in [9.17, 15) is 4.79 Å². The fraction of sp³-hybridized carbons (Fsp3) is 0.435. The van der Waals surface area contributed by atoms with Crippen molar-refractivity contribution >= 4 is 22.4 Å². The Morgan fingerprint density at radius 3 is 2.70 bits per heavy atom. The minimum Gasteiger partial charge on any atom is -0.298 e. The Morgan fingerprint density at radius 1 is 1.20 bits per heavy atom. The van der Waals surface area contributed by atoms with Gasteiger partial charge in [-0.15, -0.1) is 11.3 Å². The smallest absolute Gasteiger partial charge is 0.260 e. The van der Waals surface area contributed by atoms with Gasteiger partial charge in [0.25, 0.3) is 5.91 Å². The molecule has 0 aliphatic carbocycles. The first kappa shape index (κ1) is 20.8. The summed E-state index contributed by atoms with van der Waals surface area (Å²) in [6.07, 6.45) is 4.91. The lowest BCUT2D eigenvalue weighted by Gasteiger charge is -2.29. The lowest BCUT2D eigenvalue weighted by atomic mass is 9.99. The maximum Gasteiger partial charge on any atom is 0.260 e. The first-order valence-corrected chi connectivity index (χ1v) is 11.6. The van der Waals surface area contributed by atoms with Crippen LogP contribution in [-0.2, 0) is 19.5 Å². The van der Waals surface area contributed by atoms with Crippen LogP contribution < -0.4 is 5.32 Å². The second kappa shape index (κ2) is 9.53. The Morgan fingerprint density at radius 2 is 1.97 bits per heavy atom. The second-order valence-electron chi connectivity index (χ2n) is 8.06. The number of piperidine rings is 1. The summed E-state index contributed by atoms with van der Waals surface area (Å²) in [6, 6.07) is 10.2. The average molecular weight is 424 g/mol. The van der Waals surface area contributed by atoms with Crippen molar-refractivity contribution in [3.05, 3.63) is 64.4 Å². The van der Waals surface area contributed by atoms with Gasteiger partial charge in [0.1, 0.15) is 0 Å². The molecule has 1 aromatic carbocycles. The third-order valence-electron chi connectivity index (χ3n) is 5.74. The molecule has 3 heterocycles. The van der Waals surface area contributed by atoms with Crippen molar-refractivity contribution in [2.45, 2.75) is 46.2 Å². The van der Waals surface area contributed by atoms with E-state index in [1.807, 2.05) is 28.3 Å². The molecule has 0 radical (unpaired) electrons. The summed E-state index contributed by atoms with van der Waals surface area (Å²) in [7, 11) is 0. The summed E-state index contributed by atoms with van der Waals surface area (Å²) < 4.78 is 1.91. The minimum atomic E-state index is -0.140. The van der Waals surface area contributed by atoms with Gasteiger partial charge in [0.2, 0.25) is 0 Å².